The molecule has 0 aliphatic carbocycles. The maximum Gasteiger partial charge on any atom is 0.146 e. The first-order valence-electron chi connectivity index (χ1n) is 6.23. The zero-order chi connectivity index (χ0) is 13.1. The van der Waals surface area contributed by atoms with Crippen LogP contribution in [0.5, 0.6) is 0 Å². The van der Waals surface area contributed by atoms with Gasteiger partial charge in [0.15, 0.2) is 0 Å². The van der Waals surface area contributed by atoms with Gasteiger partial charge in [-0.05, 0) is 20.3 Å². The number of aryl methyl sites for hydroxylation is 2. The summed E-state index contributed by atoms with van der Waals surface area (Å²) >= 11 is 0. The number of hydrogen-bond donors (Lipinski definition) is 1. The Hall–Kier alpha value is -1.91. The topological polar surface area (TPSA) is 55.6 Å². The minimum Gasteiger partial charge on any atom is -0.373 e. The van der Waals surface area contributed by atoms with Gasteiger partial charge in [-0.2, -0.15) is 0 Å². The molecule has 2 rings (SSSR count). The third-order valence-corrected chi connectivity index (χ3v) is 2.93. The van der Waals surface area contributed by atoms with Gasteiger partial charge in [-0.15, -0.1) is 0 Å². The molecule has 0 aliphatic heterocycles. The third-order valence-electron chi connectivity index (χ3n) is 2.93. The second-order valence-electron chi connectivity index (χ2n) is 4.28. The van der Waals surface area contributed by atoms with Crippen LogP contribution in [-0.4, -0.2) is 26.6 Å². The Morgan fingerprint density at radius 2 is 2.06 bits per heavy atom. The number of nitrogens with one attached hydrogen (secondary N) is 1. The predicted octanol–water partition coefficient (Wildman–Crippen LogP) is 2.27. The summed E-state index contributed by atoms with van der Waals surface area (Å²) in [5.74, 6) is 3.60. The number of hydrogen-bond acceptors (Lipinski definition) is 4. The zero-order valence-electron chi connectivity index (χ0n) is 11.4. The van der Waals surface area contributed by atoms with Crippen LogP contribution in [0.1, 0.15) is 30.6 Å². The summed E-state index contributed by atoms with van der Waals surface area (Å²) in [7, 11) is 1.88. The van der Waals surface area contributed by atoms with Gasteiger partial charge in [0.25, 0.3) is 0 Å². The highest BCUT2D eigenvalue weighted by Crippen LogP contribution is 2.20. The minimum absolute atomic E-state index is 0.871. The first kappa shape index (κ1) is 12.5. The van der Waals surface area contributed by atoms with Gasteiger partial charge < -0.3 is 5.32 Å². The molecule has 2 heterocycles. The molecule has 2 aromatic rings. The molecule has 0 unspecified atom stereocenters. The Kier molecular flexibility index (Phi) is 3.60. The maximum atomic E-state index is 4.65. The van der Waals surface area contributed by atoms with Crippen LogP contribution >= 0.6 is 0 Å². The maximum absolute atomic E-state index is 4.65. The van der Waals surface area contributed by atoms with Crippen LogP contribution in [0.15, 0.2) is 12.4 Å². The Labute approximate surface area is 107 Å². The van der Waals surface area contributed by atoms with Gasteiger partial charge in [0, 0.05) is 31.4 Å². The zero-order valence-corrected chi connectivity index (χ0v) is 11.4. The second kappa shape index (κ2) is 5.16. The molecule has 0 spiro atoms. The number of aromatic nitrogens is 4. The first-order valence-corrected chi connectivity index (χ1v) is 6.23. The molecule has 5 heteroatoms. The number of anilines is 1. The molecule has 2 aromatic heterocycles. The molecule has 0 atom stereocenters. The molecule has 18 heavy (non-hydrogen) atoms. The molecule has 0 saturated heterocycles. The second-order valence-corrected chi connectivity index (χ2v) is 4.28. The third kappa shape index (κ3) is 2.20. The highest BCUT2D eigenvalue weighted by Gasteiger charge is 2.12. The molecule has 0 saturated carbocycles. The first-order chi connectivity index (χ1) is 8.67. The lowest BCUT2D eigenvalue weighted by atomic mass is 10.2. The van der Waals surface area contributed by atoms with E-state index in [1.54, 1.807) is 6.20 Å². The van der Waals surface area contributed by atoms with Crippen molar-refractivity contribution in [1.29, 1.82) is 0 Å². The van der Waals surface area contributed by atoms with Gasteiger partial charge in [0.2, 0.25) is 0 Å². The lowest BCUT2D eigenvalue weighted by Gasteiger charge is -2.13. The molecular formula is C13H19N5. The summed E-state index contributed by atoms with van der Waals surface area (Å²) < 4.78 is 2.00. The Morgan fingerprint density at radius 3 is 2.61 bits per heavy atom. The van der Waals surface area contributed by atoms with Crippen molar-refractivity contribution in [1.82, 2.24) is 19.5 Å². The van der Waals surface area contributed by atoms with Gasteiger partial charge in [0.05, 0.1) is 0 Å². The average molecular weight is 245 g/mol. The SMILES string of the molecule is CCCc1nc(NC)c(C)c(-n2ccnc2C)n1. The van der Waals surface area contributed by atoms with Crippen molar-refractivity contribution in [2.75, 3.05) is 12.4 Å². The molecule has 0 bridgehead atoms. The van der Waals surface area contributed by atoms with Gasteiger partial charge in [-0.1, -0.05) is 6.92 Å². The summed E-state index contributed by atoms with van der Waals surface area (Å²) in [5, 5.41) is 3.13. The monoisotopic (exact) mass is 245 g/mol. The van der Waals surface area contributed by atoms with Crippen molar-refractivity contribution < 1.29 is 0 Å². The average Bonchev–Trinajstić information content (AvgIpc) is 2.78. The summed E-state index contributed by atoms with van der Waals surface area (Å²) in [6.07, 6.45) is 5.64. The van der Waals surface area contributed by atoms with Gasteiger partial charge in [-0.25, -0.2) is 15.0 Å². The van der Waals surface area contributed by atoms with Crippen LogP contribution in [0, 0.1) is 13.8 Å². The van der Waals surface area contributed by atoms with Crippen molar-refractivity contribution in [2.45, 2.75) is 33.6 Å². The highest BCUT2D eigenvalue weighted by molar-refractivity contribution is 5.51. The van der Waals surface area contributed by atoms with E-state index in [4.69, 9.17) is 0 Å². The fraction of sp³-hybridized carbons (Fsp3) is 0.462. The number of rotatable bonds is 4. The van der Waals surface area contributed by atoms with E-state index in [9.17, 15) is 0 Å². The van der Waals surface area contributed by atoms with E-state index in [0.717, 1.165) is 41.7 Å². The Balaban J connectivity index is 2.58. The molecular weight excluding hydrogens is 226 g/mol. The summed E-state index contributed by atoms with van der Waals surface area (Å²) in [4.78, 5) is 13.4. The fourth-order valence-electron chi connectivity index (χ4n) is 1.97. The van der Waals surface area contributed by atoms with E-state index in [0.29, 0.717) is 0 Å². The van der Waals surface area contributed by atoms with Crippen LogP contribution in [-0.2, 0) is 6.42 Å². The largest absolute Gasteiger partial charge is 0.373 e. The van der Waals surface area contributed by atoms with E-state index >= 15 is 0 Å². The van der Waals surface area contributed by atoms with Crippen molar-refractivity contribution in [3.8, 4) is 5.82 Å². The van der Waals surface area contributed by atoms with E-state index in [1.807, 2.05) is 31.7 Å². The van der Waals surface area contributed by atoms with Crippen molar-refractivity contribution in [3.63, 3.8) is 0 Å². The number of nitrogens with zero attached hydrogens (tertiary/aromatic N) is 4. The number of imidazole rings is 1. The Bertz CT molecular complexity index is 544. The van der Waals surface area contributed by atoms with Crippen molar-refractivity contribution in [3.05, 3.63) is 29.6 Å². The van der Waals surface area contributed by atoms with Gasteiger partial charge in [-0.3, -0.25) is 4.57 Å². The molecule has 0 amide bonds. The van der Waals surface area contributed by atoms with Crippen molar-refractivity contribution in [2.24, 2.45) is 0 Å². The molecule has 1 N–H and O–H groups in total. The summed E-state index contributed by atoms with van der Waals surface area (Å²) in [5.41, 5.74) is 1.04. The lowest BCUT2D eigenvalue weighted by Crippen LogP contribution is -2.10. The highest BCUT2D eigenvalue weighted by atomic mass is 15.2. The molecule has 0 aliphatic rings. The standard InChI is InChI=1S/C13H19N5/c1-5-6-11-16-12(14-4)9(2)13(17-11)18-8-7-15-10(18)3/h7-8H,5-6H2,1-4H3,(H,14,16,17). The van der Waals surface area contributed by atoms with Gasteiger partial charge in [0.1, 0.15) is 23.3 Å². The molecule has 0 radical (unpaired) electrons. The smallest absolute Gasteiger partial charge is 0.146 e. The van der Waals surface area contributed by atoms with Crippen LogP contribution in [0.3, 0.4) is 0 Å². The van der Waals surface area contributed by atoms with E-state index in [1.165, 1.54) is 0 Å². The van der Waals surface area contributed by atoms with E-state index in [-0.39, 0.29) is 0 Å². The van der Waals surface area contributed by atoms with Crippen LogP contribution in [0.2, 0.25) is 0 Å². The van der Waals surface area contributed by atoms with E-state index in [2.05, 4.69) is 27.2 Å². The molecule has 5 nitrogen and oxygen atoms in total. The van der Waals surface area contributed by atoms with Crippen LogP contribution in [0.25, 0.3) is 5.82 Å². The minimum atomic E-state index is 0.871. The fourth-order valence-corrected chi connectivity index (χ4v) is 1.97. The summed E-state index contributed by atoms with van der Waals surface area (Å²) in [6.45, 7) is 6.13. The normalized spacial score (nSPS) is 10.7. The van der Waals surface area contributed by atoms with Crippen molar-refractivity contribution >= 4 is 5.82 Å². The van der Waals surface area contributed by atoms with E-state index < -0.39 is 0 Å². The lowest BCUT2D eigenvalue weighted by molar-refractivity contribution is 0.805. The summed E-state index contributed by atoms with van der Waals surface area (Å²) in [6, 6.07) is 0. The Morgan fingerprint density at radius 1 is 1.28 bits per heavy atom. The van der Waals surface area contributed by atoms with Crippen LogP contribution in [0.4, 0.5) is 5.82 Å². The molecule has 0 aromatic carbocycles. The molecule has 0 fully saturated rings. The predicted molar refractivity (Wildman–Crippen MR) is 72.2 cm³/mol. The van der Waals surface area contributed by atoms with Gasteiger partial charge >= 0.3 is 0 Å². The van der Waals surface area contributed by atoms with Crippen LogP contribution < -0.4 is 5.32 Å². The molecule has 96 valence electrons. The quantitative estimate of drug-likeness (QED) is 0.897.